The van der Waals surface area contributed by atoms with Crippen molar-refractivity contribution in [3.8, 4) is 11.3 Å². The topological polar surface area (TPSA) is 69.1 Å². The van der Waals surface area contributed by atoms with Gasteiger partial charge in [0, 0.05) is 5.56 Å². The van der Waals surface area contributed by atoms with Gasteiger partial charge in [0.15, 0.2) is 5.76 Å². The smallest absolute Gasteiger partial charge is 0.295 e. The Bertz CT molecular complexity index is 537. The number of halogens is 1. The number of benzene rings is 1. The zero-order valence-corrected chi connectivity index (χ0v) is 9.19. The molecule has 76 valence electrons. The largest absolute Gasteiger partial charge is 0.424 e. The molecule has 0 aliphatic rings. The number of rotatable bonds is 1. The first-order valence-corrected chi connectivity index (χ1v) is 4.99. The molecule has 0 bridgehead atoms. The number of hydrogen-bond donors (Lipinski definition) is 1. The second-order valence-electron chi connectivity index (χ2n) is 2.87. The zero-order valence-electron chi connectivity index (χ0n) is 7.61. The van der Waals surface area contributed by atoms with E-state index in [9.17, 15) is 4.79 Å². The Balaban J connectivity index is 2.68. The lowest BCUT2D eigenvalue weighted by Crippen LogP contribution is -2.10. The van der Waals surface area contributed by atoms with Crippen LogP contribution in [-0.4, -0.2) is 4.98 Å². The molecule has 2 aromatic rings. The molecule has 5 heteroatoms. The first-order chi connectivity index (χ1) is 7.18. The average molecular weight is 267 g/mol. The molecule has 0 amide bonds. The van der Waals surface area contributed by atoms with Crippen molar-refractivity contribution < 1.29 is 4.42 Å². The van der Waals surface area contributed by atoms with E-state index in [2.05, 4.69) is 20.9 Å². The van der Waals surface area contributed by atoms with Crippen molar-refractivity contribution in [3.63, 3.8) is 0 Å². The molecule has 4 nitrogen and oxygen atoms in total. The number of aromatic nitrogens is 1. The van der Waals surface area contributed by atoms with Gasteiger partial charge in [-0.25, -0.2) is 0 Å². The molecule has 2 N–H and O–H groups in total. The highest BCUT2D eigenvalue weighted by Gasteiger charge is 2.11. The van der Waals surface area contributed by atoms with Crippen LogP contribution in [0.5, 0.6) is 0 Å². The molecule has 0 saturated heterocycles. The van der Waals surface area contributed by atoms with Crippen molar-refractivity contribution in [2.75, 3.05) is 5.73 Å². The molecule has 2 rings (SSSR count). The Morgan fingerprint density at radius 3 is 2.60 bits per heavy atom. The Labute approximate surface area is 93.9 Å². The molecule has 0 fully saturated rings. The van der Waals surface area contributed by atoms with Crippen LogP contribution in [-0.2, 0) is 0 Å². The molecule has 0 saturated carbocycles. The van der Waals surface area contributed by atoms with E-state index in [4.69, 9.17) is 10.2 Å². The third-order valence-corrected chi connectivity index (χ3v) is 2.54. The lowest BCUT2D eigenvalue weighted by molar-refractivity contribution is 0.560. The maximum atomic E-state index is 11.3. The van der Waals surface area contributed by atoms with E-state index >= 15 is 0 Å². The highest BCUT2D eigenvalue weighted by Crippen LogP contribution is 2.25. The number of nitrogen functional groups attached to an aromatic ring is 1. The average Bonchev–Trinajstić information content (AvgIpc) is 2.24. The van der Waals surface area contributed by atoms with Crippen LogP contribution in [0.3, 0.4) is 0 Å². The van der Waals surface area contributed by atoms with Gasteiger partial charge >= 0.3 is 0 Å². The number of nitrogens with two attached hydrogens (primary N) is 1. The van der Waals surface area contributed by atoms with Gasteiger partial charge < -0.3 is 10.2 Å². The fourth-order valence-electron chi connectivity index (χ4n) is 1.19. The van der Waals surface area contributed by atoms with Gasteiger partial charge in [-0.05, 0) is 15.9 Å². The van der Waals surface area contributed by atoms with Crippen molar-refractivity contribution in [2.24, 2.45) is 0 Å². The molecular weight excluding hydrogens is 260 g/mol. The second kappa shape index (κ2) is 3.86. The van der Waals surface area contributed by atoms with Crippen molar-refractivity contribution in [2.45, 2.75) is 0 Å². The van der Waals surface area contributed by atoms with Gasteiger partial charge in [0.2, 0.25) is 0 Å². The van der Waals surface area contributed by atoms with Crippen molar-refractivity contribution >= 4 is 21.9 Å². The predicted molar refractivity (Wildman–Crippen MR) is 60.3 cm³/mol. The van der Waals surface area contributed by atoms with E-state index in [1.165, 1.54) is 0 Å². The van der Waals surface area contributed by atoms with E-state index < -0.39 is 5.56 Å². The molecule has 15 heavy (non-hydrogen) atoms. The van der Waals surface area contributed by atoms with Gasteiger partial charge in [-0.1, -0.05) is 30.3 Å². The lowest BCUT2D eigenvalue weighted by Gasteiger charge is -2.02. The quantitative estimate of drug-likeness (QED) is 0.858. The minimum absolute atomic E-state index is 0.137. The molecule has 0 spiro atoms. The Morgan fingerprint density at radius 2 is 1.93 bits per heavy atom. The molecule has 0 radical (unpaired) electrons. The standard InChI is InChI=1S/C10H7BrN2O2/c11-7-8(6-4-2-1-3-5-6)15-10(12)13-9(7)14/h1-5H,(H2,12,13,14). The van der Waals surface area contributed by atoms with E-state index in [0.29, 0.717) is 5.76 Å². The first kappa shape index (κ1) is 9.92. The number of nitrogens with zero attached hydrogens (tertiary/aromatic N) is 1. The summed E-state index contributed by atoms with van der Waals surface area (Å²) in [6.45, 7) is 0. The van der Waals surface area contributed by atoms with Crippen LogP contribution < -0.4 is 11.3 Å². The summed E-state index contributed by atoms with van der Waals surface area (Å²) in [5.41, 5.74) is 5.71. The Morgan fingerprint density at radius 1 is 1.27 bits per heavy atom. The molecule has 1 aromatic heterocycles. The van der Waals surface area contributed by atoms with Crippen LogP contribution in [0.2, 0.25) is 0 Å². The molecule has 0 unspecified atom stereocenters. The fourth-order valence-corrected chi connectivity index (χ4v) is 1.59. The minimum atomic E-state index is -0.433. The summed E-state index contributed by atoms with van der Waals surface area (Å²) in [6.07, 6.45) is 0. The summed E-state index contributed by atoms with van der Waals surface area (Å²) in [6, 6.07) is 9.07. The van der Waals surface area contributed by atoms with Crippen molar-refractivity contribution in [1.82, 2.24) is 4.98 Å². The minimum Gasteiger partial charge on any atom is -0.424 e. The summed E-state index contributed by atoms with van der Waals surface area (Å²) < 4.78 is 5.48. The van der Waals surface area contributed by atoms with E-state index in [1.54, 1.807) is 0 Å². The van der Waals surface area contributed by atoms with Gasteiger partial charge in [0.1, 0.15) is 4.47 Å². The first-order valence-electron chi connectivity index (χ1n) is 4.20. The Kier molecular flexibility index (Phi) is 2.55. The monoisotopic (exact) mass is 266 g/mol. The molecule has 1 aromatic carbocycles. The summed E-state index contributed by atoms with van der Waals surface area (Å²) in [4.78, 5) is 14.8. The third-order valence-electron chi connectivity index (χ3n) is 1.84. The highest BCUT2D eigenvalue weighted by atomic mass is 79.9. The Hall–Kier alpha value is -1.62. The summed E-state index contributed by atoms with van der Waals surface area (Å²) >= 11 is 3.13. The number of anilines is 1. The molecule has 0 aliphatic heterocycles. The molecule has 1 heterocycles. The lowest BCUT2D eigenvalue weighted by atomic mass is 10.2. The molecule has 0 aliphatic carbocycles. The van der Waals surface area contributed by atoms with Crippen LogP contribution in [0.1, 0.15) is 0 Å². The van der Waals surface area contributed by atoms with E-state index in [-0.39, 0.29) is 10.5 Å². The van der Waals surface area contributed by atoms with Crippen molar-refractivity contribution in [1.29, 1.82) is 0 Å². The van der Waals surface area contributed by atoms with Gasteiger partial charge in [-0.2, -0.15) is 4.98 Å². The van der Waals surface area contributed by atoms with Crippen LogP contribution in [0.4, 0.5) is 6.01 Å². The third kappa shape index (κ3) is 1.92. The summed E-state index contributed by atoms with van der Waals surface area (Å²) in [5.74, 6) is 0.396. The zero-order chi connectivity index (χ0) is 10.8. The van der Waals surface area contributed by atoms with Crippen LogP contribution in [0.25, 0.3) is 11.3 Å². The maximum absolute atomic E-state index is 11.3. The SMILES string of the molecule is Nc1nc(=O)c(Br)c(-c2ccccc2)o1. The maximum Gasteiger partial charge on any atom is 0.295 e. The van der Waals surface area contributed by atoms with Crippen molar-refractivity contribution in [3.05, 3.63) is 45.2 Å². The fraction of sp³-hybridized carbons (Fsp3) is 0. The summed E-state index contributed by atoms with van der Waals surface area (Å²) in [5, 5.41) is 0. The van der Waals surface area contributed by atoms with E-state index in [0.717, 1.165) is 5.56 Å². The van der Waals surface area contributed by atoms with Gasteiger partial charge in [-0.15, -0.1) is 0 Å². The van der Waals surface area contributed by atoms with Crippen LogP contribution >= 0.6 is 15.9 Å². The highest BCUT2D eigenvalue weighted by molar-refractivity contribution is 9.10. The van der Waals surface area contributed by atoms with Gasteiger partial charge in [-0.3, -0.25) is 4.79 Å². The molecular formula is C10H7BrN2O2. The summed E-state index contributed by atoms with van der Waals surface area (Å²) in [7, 11) is 0. The van der Waals surface area contributed by atoms with Gasteiger partial charge in [0.05, 0.1) is 0 Å². The second-order valence-corrected chi connectivity index (χ2v) is 3.66. The normalized spacial score (nSPS) is 10.2. The van der Waals surface area contributed by atoms with Gasteiger partial charge in [0.25, 0.3) is 11.6 Å². The predicted octanol–water partition coefficient (Wildman–Crippen LogP) is 2.05. The van der Waals surface area contributed by atoms with Crippen LogP contribution in [0, 0.1) is 0 Å². The number of hydrogen-bond acceptors (Lipinski definition) is 4. The van der Waals surface area contributed by atoms with Crippen LogP contribution in [0.15, 0.2) is 44.0 Å². The van der Waals surface area contributed by atoms with E-state index in [1.807, 2.05) is 30.3 Å². The molecule has 0 atom stereocenters.